The summed E-state index contributed by atoms with van der Waals surface area (Å²) in [5, 5.41) is 0.538. The van der Waals surface area contributed by atoms with Crippen LogP contribution in [0.15, 0.2) is 61.3 Å². The van der Waals surface area contributed by atoms with E-state index in [9.17, 15) is 13.2 Å². The Bertz CT molecular complexity index is 949. The molecule has 2 aromatic rings. The van der Waals surface area contributed by atoms with E-state index in [1.807, 2.05) is 0 Å². The Hall–Kier alpha value is -2.03. The second-order valence-corrected chi connectivity index (χ2v) is 8.03. The third-order valence-corrected chi connectivity index (χ3v) is 5.99. The second-order valence-electron chi connectivity index (χ2n) is 4.98. The molecule has 1 fully saturated rings. The van der Waals surface area contributed by atoms with E-state index in [1.165, 1.54) is 35.4 Å². The van der Waals surface area contributed by atoms with Crippen LogP contribution in [0.3, 0.4) is 0 Å². The van der Waals surface area contributed by atoms with Gasteiger partial charge in [0, 0.05) is 17.6 Å². The van der Waals surface area contributed by atoms with Crippen molar-refractivity contribution in [2.45, 2.75) is 11.8 Å². The van der Waals surface area contributed by atoms with Crippen LogP contribution in [0.25, 0.3) is 6.08 Å². The molecule has 0 spiro atoms. The van der Waals surface area contributed by atoms with Crippen molar-refractivity contribution in [2.24, 2.45) is 4.40 Å². The molecule has 25 heavy (non-hydrogen) atoms. The Balaban J connectivity index is 1.96. The number of furan rings is 1. The summed E-state index contributed by atoms with van der Waals surface area (Å²) in [6.07, 6.45) is 3.06. The van der Waals surface area contributed by atoms with Crippen molar-refractivity contribution in [3.05, 3.63) is 58.3 Å². The number of rotatable bonds is 4. The number of hydrogen-bond donors (Lipinski definition) is 0. The van der Waals surface area contributed by atoms with E-state index in [-0.39, 0.29) is 16.0 Å². The topological polar surface area (TPSA) is 80.0 Å². The molecule has 0 bridgehead atoms. The number of benzene rings is 1. The molecule has 1 amide bonds. The number of carbonyl (C=O) groups is 1. The van der Waals surface area contributed by atoms with E-state index in [1.54, 1.807) is 25.1 Å². The molecule has 0 unspecified atom stereocenters. The van der Waals surface area contributed by atoms with E-state index in [0.29, 0.717) is 22.2 Å². The highest BCUT2D eigenvalue weighted by molar-refractivity contribution is 8.19. The lowest BCUT2D eigenvalue weighted by molar-refractivity contribution is -0.122. The minimum Gasteiger partial charge on any atom is -0.465 e. The van der Waals surface area contributed by atoms with E-state index in [4.69, 9.17) is 16.0 Å². The first-order valence-electron chi connectivity index (χ1n) is 7.26. The van der Waals surface area contributed by atoms with Gasteiger partial charge in [0.2, 0.25) is 0 Å². The first kappa shape index (κ1) is 17.8. The van der Waals surface area contributed by atoms with Crippen molar-refractivity contribution in [3.8, 4) is 0 Å². The summed E-state index contributed by atoms with van der Waals surface area (Å²) in [7, 11) is -3.95. The zero-order valence-electron chi connectivity index (χ0n) is 13.0. The van der Waals surface area contributed by atoms with Crippen molar-refractivity contribution in [1.82, 2.24) is 4.90 Å². The number of amides is 1. The maximum atomic E-state index is 12.5. The molecule has 130 valence electrons. The van der Waals surface area contributed by atoms with Crippen LogP contribution in [0.1, 0.15) is 12.7 Å². The highest BCUT2D eigenvalue weighted by Crippen LogP contribution is 2.33. The average Bonchev–Trinajstić information content (AvgIpc) is 3.17. The van der Waals surface area contributed by atoms with Crippen LogP contribution in [0.5, 0.6) is 0 Å². The molecule has 1 aromatic carbocycles. The summed E-state index contributed by atoms with van der Waals surface area (Å²) in [6, 6.07) is 9.10. The van der Waals surface area contributed by atoms with Crippen molar-refractivity contribution in [1.29, 1.82) is 0 Å². The molecule has 1 saturated heterocycles. The van der Waals surface area contributed by atoms with Gasteiger partial charge in [-0.2, -0.15) is 8.42 Å². The second kappa shape index (κ2) is 7.07. The van der Waals surface area contributed by atoms with Gasteiger partial charge in [0.15, 0.2) is 5.17 Å². The number of hydrogen-bond acceptors (Lipinski definition) is 5. The van der Waals surface area contributed by atoms with Gasteiger partial charge >= 0.3 is 0 Å². The van der Waals surface area contributed by atoms with Crippen molar-refractivity contribution < 1.29 is 17.6 Å². The van der Waals surface area contributed by atoms with Gasteiger partial charge in [-0.05, 0) is 55.1 Å². The number of likely N-dealkylation sites (N-methyl/N-ethyl adjacent to an activating group) is 1. The van der Waals surface area contributed by atoms with Gasteiger partial charge in [0.1, 0.15) is 5.76 Å². The Morgan fingerprint density at radius 2 is 2.00 bits per heavy atom. The van der Waals surface area contributed by atoms with E-state index in [0.717, 1.165) is 11.8 Å². The number of nitrogens with zero attached hydrogens (tertiary/aromatic N) is 2. The third-order valence-electron chi connectivity index (χ3n) is 3.33. The number of carbonyl (C=O) groups excluding carboxylic acids is 1. The third kappa shape index (κ3) is 3.81. The van der Waals surface area contributed by atoms with Gasteiger partial charge in [-0.15, -0.1) is 4.40 Å². The lowest BCUT2D eigenvalue weighted by Gasteiger charge is -2.11. The Kier molecular flexibility index (Phi) is 5.03. The lowest BCUT2D eigenvalue weighted by atomic mass is 10.3. The minimum absolute atomic E-state index is 0.0111. The predicted molar refractivity (Wildman–Crippen MR) is 97.7 cm³/mol. The quantitative estimate of drug-likeness (QED) is 0.737. The van der Waals surface area contributed by atoms with Gasteiger partial charge in [-0.3, -0.25) is 9.69 Å². The van der Waals surface area contributed by atoms with Crippen molar-refractivity contribution in [2.75, 3.05) is 6.54 Å². The first-order valence-corrected chi connectivity index (χ1v) is 9.89. The standard InChI is InChI=1S/C16H13ClN2O4S2/c1-2-19-15(20)14(10-12-4-3-9-23-12)24-16(19)18-25(21,22)13-7-5-11(17)6-8-13/h3-10H,2H2,1H3/b14-10-,18-16?. The zero-order chi connectivity index (χ0) is 18.0. The molecule has 0 aliphatic carbocycles. The van der Waals surface area contributed by atoms with Crippen LogP contribution in [0, 0.1) is 0 Å². The van der Waals surface area contributed by atoms with Crippen LogP contribution < -0.4 is 0 Å². The SMILES string of the molecule is CCN1C(=O)/C(=C/c2ccco2)SC1=NS(=O)(=O)c1ccc(Cl)cc1. The predicted octanol–water partition coefficient (Wildman–Crippen LogP) is 3.61. The van der Waals surface area contributed by atoms with Gasteiger partial charge < -0.3 is 4.42 Å². The van der Waals surface area contributed by atoms with Gasteiger partial charge in [-0.25, -0.2) is 0 Å². The normalized spacial score (nSPS) is 18.5. The van der Waals surface area contributed by atoms with Crippen molar-refractivity contribution in [3.63, 3.8) is 0 Å². The van der Waals surface area contributed by atoms with Crippen LogP contribution >= 0.6 is 23.4 Å². The molecule has 1 aliphatic heterocycles. The fourth-order valence-corrected chi connectivity index (χ4v) is 4.47. The number of thioether (sulfide) groups is 1. The molecule has 3 rings (SSSR count). The largest absolute Gasteiger partial charge is 0.465 e. The number of sulfonamides is 1. The Morgan fingerprint density at radius 1 is 1.28 bits per heavy atom. The fraction of sp³-hybridized carbons (Fsp3) is 0.125. The van der Waals surface area contributed by atoms with Gasteiger partial charge in [-0.1, -0.05) is 11.6 Å². The molecule has 6 nitrogen and oxygen atoms in total. The van der Waals surface area contributed by atoms with E-state index >= 15 is 0 Å². The molecule has 0 saturated carbocycles. The molecular formula is C16H13ClN2O4S2. The maximum absolute atomic E-state index is 12.5. The van der Waals surface area contributed by atoms with Crippen molar-refractivity contribution >= 4 is 50.5 Å². The summed E-state index contributed by atoms with van der Waals surface area (Å²) in [5.41, 5.74) is 0. The van der Waals surface area contributed by atoms with E-state index in [2.05, 4.69) is 4.40 Å². The molecule has 0 atom stereocenters. The van der Waals surface area contributed by atoms with Crippen LogP contribution in [0.2, 0.25) is 5.02 Å². The first-order chi connectivity index (χ1) is 11.9. The number of halogens is 1. The minimum atomic E-state index is -3.95. The van der Waals surface area contributed by atoms with Crippen LogP contribution in [-0.2, 0) is 14.8 Å². The highest BCUT2D eigenvalue weighted by Gasteiger charge is 2.34. The highest BCUT2D eigenvalue weighted by atomic mass is 35.5. The Labute approximate surface area is 154 Å². The van der Waals surface area contributed by atoms with Gasteiger partial charge in [0.25, 0.3) is 15.9 Å². The lowest BCUT2D eigenvalue weighted by Crippen LogP contribution is -2.29. The van der Waals surface area contributed by atoms with Crippen LogP contribution in [-0.4, -0.2) is 30.9 Å². The molecule has 2 heterocycles. The summed E-state index contributed by atoms with van der Waals surface area (Å²) in [6.45, 7) is 2.05. The smallest absolute Gasteiger partial charge is 0.284 e. The van der Waals surface area contributed by atoms with Gasteiger partial charge in [0.05, 0.1) is 16.1 Å². The number of amidine groups is 1. The molecule has 1 aliphatic rings. The summed E-state index contributed by atoms with van der Waals surface area (Å²) in [4.78, 5) is 14.1. The van der Waals surface area contributed by atoms with Crippen LogP contribution in [0.4, 0.5) is 0 Å². The molecule has 1 aromatic heterocycles. The van der Waals surface area contributed by atoms with E-state index < -0.39 is 10.0 Å². The fourth-order valence-electron chi connectivity index (χ4n) is 2.12. The monoisotopic (exact) mass is 396 g/mol. The molecule has 0 radical (unpaired) electrons. The maximum Gasteiger partial charge on any atom is 0.284 e. The zero-order valence-corrected chi connectivity index (χ0v) is 15.4. The Morgan fingerprint density at radius 3 is 2.60 bits per heavy atom. The average molecular weight is 397 g/mol. The summed E-state index contributed by atoms with van der Waals surface area (Å²) < 4.78 is 34.0. The molecule has 9 heteroatoms. The molecule has 0 N–H and O–H groups in total. The summed E-state index contributed by atoms with van der Waals surface area (Å²) in [5.74, 6) is 0.197. The molecular weight excluding hydrogens is 384 g/mol. The summed E-state index contributed by atoms with van der Waals surface area (Å²) >= 11 is 6.78.